The summed E-state index contributed by atoms with van der Waals surface area (Å²) in [5.74, 6) is -1.36. The Labute approximate surface area is 141 Å². The Morgan fingerprint density at radius 2 is 2.13 bits per heavy atom. The number of rotatable bonds is 5. The lowest BCUT2D eigenvalue weighted by Crippen LogP contribution is -2.33. The molecule has 0 aromatic heterocycles. The fourth-order valence-electron chi connectivity index (χ4n) is 1.40. The lowest BCUT2D eigenvalue weighted by molar-refractivity contribution is -0.383. The van der Waals surface area contributed by atoms with E-state index >= 15 is 0 Å². The highest BCUT2D eigenvalue weighted by Gasteiger charge is 2.15. The minimum absolute atomic E-state index is 0.0686. The predicted octanol–water partition coefficient (Wildman–Crippen LogP) is 2.18. The van der Waals surface area contributed by atoms with Gasteiger partial charge in [0.2, 0.25) is 5.91 Å². The molecule has 0 spiro atoms. The standard InChI is InChI=1S/C13H12ClN3O5S/c1-2-22-12(19)6-5-11(18)16-13(23)15-9-4-3-8(14)7-10(9)17(20)21/h3-7H,2H2,1H3,(H2,15,16,18,23). The van der Waals surface area contributed by atoms with Gasteiger partial charge in [-0.05, 0) is 31.3 Å². The summed E-state index contributed by atoms with van der Waals surface area (Å²) in [5.41, 5.74) is -0.227. The van der Waals surface area contributed by atoms with Crippen molar-refractivity contribution < 1.29 is 19.2 Å². The van der Waals surface area contributed by atoms with Crippen molar-refractivity contribution in [1.29, 1.82) is 0 Å². The molecule has 1 amide bonds. The number of carbonyl (C=O) groups excluding carboxylic acids is 2. The van der Waals surface area contributed by atoms with Gasteiger partial charge in [0.25, 0.3) is 5.69 Å². The molecule has 1 rings (SSSR count). The number of hydrogen-bond acceptors (Lipinski definition) is 6. The maximum absolute atomic E-state index is 11.5. The third-order valence-corrected chi connectivity index (χ3v) is 2.74. The molecule has 0 radical (unpaired) electrons. The van der Waals surface area contributed by atoms with Crippen LogP contribution in [0.3, 0.4) is 0 Å². The lowest BCUT2D eigenvalue weighted by atomic mass is 10.2. The Morgan fingerprint density at radius 3 is 2.74 bits per heavy atom. The van der Waals surface area contributed by atoms with Crippen LogP contribution in [0.2, 0.25) is 5.02 Å². The number of hydrogen-bond donors (Lipinski definition) is 2. The summed E-state index contributed by atoms with van der Waals surface area (Å²) in [6.45, 7) is 1.81. The molecule has 0 aliphatic heterocycles. The molecule has 0 saturated heterocycles. The van der Waals surface area contributed by atoms with Crippen LogP contribution in [-0.2, 0) is 14.3 Å². The van der Waals surface area contributed by atoms with Gasteiger partial charge in [0.15, 0.2) is 5.11 Å². The van der Waals surface area contributed by atoms with E-state index in [2.05, 4.69) is 15.4 Å². The highest BCUT2D eigenvalue weighted by atomic mass is 35.5. The van der Waals surface area contributed by atoms with Gasteiger partial charge in [-0.3, -0.25) is 20.2 Å². The van der Waals surface area contributed by atoms with Crippen molar-refractivity contribution in [3.8, 4) is 0 Å². The van der Waals surface area contributed by atoms with E-state index < -0.39 is 16.8 Å². The second-order valence-corrected chi connectivity index (χ2v) is 4.79. The molecule has 0 unspecified atom stereocenters. The van der Waals surface area contributed by atoms with Crippen molar-refractivity contribution in [2.45, 2.75) is 6.92 Å². The number of nitro benzene ring substituents is 1. The summed E-state index contributed by atoms with van der Waals surface area (Å²) in [5, 5.41) is 15.7. The predicted molar refractivity (Wildman–Crippen MR) is 88.2 cm³/mol. The van der Waals surface area contributed by atoms with Gasteiger partial charge in [0, 0.05) is 23.2 Å². The van der Waals surface area contributed by atoms with Crippen LogP contribution in [0.5, 0.6) is 0 Å². The number of benzene rings is 1. The van der Waals surface area contributed by atoms with E-state index in [4.69, 9.17) is 23.8 Å². The van der Waals surface area contributed by atoms with Crippen LogP contribution < -0.4 is 10.6 Å². The number of halogens is 1. The van der Waals surface area contributed by atoms with Gasteiger partial charge in [0.05, 0.1) is 11.5 Å². The number of nitrogens with one attached hydrogen (secondary N) is 2. The van der Waals surface area contributed by atoms with E-state index in [1.54, 1.807) is 6.92 Å². The molecule has 0 aliphatic rings. The molecule has 1 aromatic carbocycles. The zero-order chi connectivity index (χ0) is 17.4. The van der Waals surface area contributed by atoms with Crippen molar-refractivity contribution in [2.75, 3.05) is 11.9 Å². The molecule has 0 bridgehead atoms. The summed E-state index contributed by atoms with van der Waals surface area (Å²) in [6.07, 6.45) is 1.87. The molecule has 1 aromatic rings. The van der Waals surface area contributed by atoms with Gasteiger partial charge < -0.3 is 10.1 Å². The zero-order valence-electron chi connectivity index (χ0n) is 11.9. The van der Waals surface area contributed by atoms with Gasteiger partial charge in [-0.15, -0.1) is 0 Å². The first kappa shape index (κ1) is 18.5. The summed E-state index contributed by atoms with van der Waals surface area (Å²) in [7, 11) is 0. The van der Waals surface area contributed by atoms with Crippen LogP contribution in [0.1, 0.15) is 6.92 Å². The molecule has 0 saturated carbocycles. The first-order chi connectivity index (χ1) is 10.8. The number of amides is 1. The minimum Gasteiger partial charge on any atom is -0.463 e. The monoisotopic (exact) mass is 357 g/mol. The molecule has 0 fully saturated rings. The Morgan fingerprint density at radius 1 is 1.43 bits per heavy atom. The molecular weight excluding hydrogens is 346 g/mol. The van der Waals surface area contributed by atoms with E-state index in [1.165, 1.54) is 12.1 Å². The second-order valence-electron chi connectivity index (χ2n) is 3.95. The number of nitrogens with zero attached hydrogens (tertiary/aromatic N) is 1. The van der Waals surface area contributed by atoms with Crippen LogP contribution in [0.15, 0.2) is 30.4 Å². The molecule has 8 nitrogen and oxygen atoms in total. The molecule has 0 heterocycles. The van der Waals surface area contributed by atoms with E-state index in [1.807, 2.05) is 0 Å². The van der Waals surface area contributed by atoms with Gasteiger partial charge in [-0.1, -0.05) is 11.6 Å². The number of thiocarbonyl (C=S) groups is 1. The van der Waals surface area contributed by atoms with Gasteiger partial charge in [0.1, 0.15) is 5.69 Å². The van der Waals surface area contributed by atoms with Gasteiger partial charge in [-0.25, -0.2) is 4.79 Å². The average Bonchev–Trinajstić information content (AvgIpc) is 2.47. The van der Waals surface area contributed by atoms with E-state index in [0.717, 1.165) is 18.2 Å². The second kappa shape index (κ2) is 8.81. The Bertz CT molecular complexity index is 678. The quantitative estimate of drug-likeness (QED) is 0.273. The van der Waals surface area contributed by atoms with E-state index in [-0.39, 0.29) is 28.1 Å². The Balaban J connectivity index is 2.69. The largest absolute Gasteiger partial charge is 0.463 e. The van der Waals surface area contributed by atoms with Crippen molar-refractivity contribution in [1.82, 2.24) is 5.32 Å². The number of anilines is 1. The molecule has 0 aliphatic carbocycles. The van der Waals surface area contributed by atoms with Crippen molar-refractivity contribution in [3.63, 3.8) is 0 Å². The average molecular weight is 358 g/mol. The van der Waals surface area contributed by atoms with Crippen molar-refractivity contribution in [3.05, 3.63) is 45.5 Å². The summed E-state index contributed by atoms with van der Waals surface area (Å²) >= 11 is 10.6. The molecule has 122 valence electrons. The highest BCUT2D eigenvalue weighted by Crippen LogP contribution is 2.27. The van der Waals surface area contributed by atoms with Crippen molar-refractivity contribution in [2.24, 2.45) is 0 Å². The van der Waals surface area contributed by atoms with Gasteiger partial charge in [-0.2, -0.15) is 0 Å². The van der Waals surface area contributed by atoms with Crippen LogP contribution in [0.4, 0.5) is 11.4 Å². The molecule has 0 atom stereocenters. The fourth-order valence-corrected chi connectivity index (χ4v) is 1.78. The van der Waals surface area contributed by atoms with Crippen LogP contribution in [0, 0.1) is 10.1 Å². The Hall–Kier alpha value is -2.52. The maximum Gasteiger partial charge on any atom is 0.330 e. The normalized spacial score (nSPS) is 10.2. The SMILES string of the molecule is CCOC(=O)C=CC(=O)NC(=S)Nc1ccc(Cl)cc1[N+](=O)[O-]. The third-order valence-electron chi connectivity index (χ3n) is 2.30. The number of esters is 1. The van der Waals surface area contributed by atoms with Gasteiger partial charge >= 0.3 is 5.97 Å². The molecule has 10 heteroatoms. The third kappa shape index (κ3) is 6.41. The lowest BCUT2D eigenvalue weighted by Gasteiger charge is -2.08. The van der Waals surface area contributed by atoms with Crippen LogP contribution in [0.25, 0.3) is 0 Å². The fraction of sp³-hybridized carbons (Fsp3) is 0.154. The minimum atomic E-state index is -0.688. The molecule has 2 N–H and O–H groups in total. The van der Waals surface area contributed by atoms with E-state index in [9.17, 15) is 19.7 Å². The number of carbonyl (C=O) groups is 2. The summed E-state index contributed by atoms with van der Waals surface area (Å²) in [4.78, 5) is 32.9. The summed E-state index contributed by atoms with van der Waals surface area (Å²) < 4.78 is 4.60. The first-order valence-electron chi connectivity index (χ1n) is 6.24. The molecule has 23 heavy (non-hydrogen) atoms. The highest BCUT2D eigenvalue weighted by molar-refractivity contribution is 7.80. The summed E-state index contributed by atoms with van der Waals surface area (Å²) in [6, 6.07) is 3.93. The van der Waals surface area contributed by atoms with E-state index in [0.29, 0.717) is 0 Å². The first-order valence-corrected chi connectivity index (χ1v) is 7.02. The van der Waals surface area contributed by atoms with Crippen molar-refractivity contribution >= 4 is 52.2 Å². The smallest absolute Gasteiger partial charge is 0.330 e. The Kier molecular flexibility index (Phi) is 7.10. The zero-order valence-corrected chi connectivity index (χ0v) is 13.4. The topological polar surface area (TPSA) is 111 Å². The number of ether oxygens (including phenoxy) is 1. The maximum atomic E-state index is 11.5. The van der Waals surface area contributed by atoms with Crippen LogP contribution in [-0.4, -0.2) is 28.5 Å². The van der Waals surface area contributed by atoms with Crippen LogP contribution >= 0.6 is 23.8 Å². The number of nitro groups is 1. The molecular formula is C13H12ClN3O5S.